The number of halogens is 2. The van der Waals surface area contributed by atoms with E-state index in [1.54, 1.807) is 0 Å². The number of carbonyl (C=O) groups excluding carboxylic acids is 3. The molecule has 130 valence electrons. The van der Waals surface area contributed by atoms with Gasteiger partial charge in [-0.2, -0.15) is 0 Å². The minimum Gasteiger partial charge on any atom is -0.354 e. The van der Waals surface area contributed by atoms with Gasteiger partial charge in [0.15, 0.2) is 0 Å². The third kappa shape index (κ3) is 5.00. The van der Waals surface area contributed by atoms with Crippen molar-refractivity contribution in [2.45, 2.75) is 31.7 Å². The molecular weight excluding hydrogens is 320 g/mol. The van der Waals surface area contributed by atoms with E-state index in [9.17, 15) is 23.2 Å². The van der Waals surface area contributed by atoms with E-state index in [4.69, 9.17) is 0 Å². The van der Waals surface area contributed by atoms with Crippen LogP contribution in [-0.2, 0) is 9.59 Å². The fourth-order valence-electron chi connectivity index (χ4n) is 2.40. The summed E-state index contributed by atoms with van der Waals surface area (Å²) in [5.74, 6) is -2.82. The Labute approximate surface area is 138 Å². The van der Waals surface area contributed by atoms with Gasteiger partial charge in [0.05, 0.1) is 5.56 Å². The summed E-state index contributed by atoms with van der Waals surface area (Å²) in [5.41, 5.74) is -0.250. The summed E-state index contributed by atoms with van der Waals surface area (Å²) in [6.07, 6.45) is 1.90. The first kappa shape index (κ1) is 17.8. The first-order chi connectivity index (χ1) is 11.5. The van der Waals surface area contributed by atoms with Crippen molar-refractivity contribution in [3.05, 3.63) is 35.4 Å². The topological polar surface area (TPSA) is 87.3 Å². The molecule has 1 heterocycles. The van der Waals surface area contributed by atoms with Gasteiger partial charge in [-0.25, -0.2) is 8.78 Å². The number of hydrogen-bond acceptors (Lipinski definition) is 3. The normalized spacial score (nSPS) is 17.1. The van der Waals surface area contributed by atoms with Crippen LogP contribution < -0.4 is 16.0 Å². The summed E-state index contributed by atoms with van der Waals surface area (Å²) in [6.45, 7) is 0.789. The third-order valence-corrected chi connectivity index (χ3v) is 3.66. The van der Waals surface area contributed by atoms with Crippen molar-refractivity contribution in [3.63, 3.8) is 0 Å². The molecule has 1 atom stereocenters. The quantitative estimate of drug-likeness (QED) is 0.672. The van der Waals surface area contributed by atoms with Gasteiger partial charge in [-0.3, -0.25) is 14.4 Å². The van der Waals surface area contributed by atoms with Crippen LogP contribution >= 0.6 is 0 Å². The van der Waals surface area contributed by atoms with Gasteiger partial charge < -0.3 is 16.0 Å². The van der Waals surface area contributed by atoms with Gasteiger partial charge in [-0.05, 0) is 31.4 Å². The van der Waals surface area contributed by atoms with E-state index >= 15 is 0 Å². The summed E-state index contributed by atoms with van der Waals surface area (Å²) in [5, 5.41) is 7.78. The number of benzene rings is 1. The Kier molecular flexibility index (Phi) is 6.22. The highest BCUT2D eigenvalue weighted by Gasteiger charge is 2.23. The maximum Gasteiger partial charge on any atom is 0.254 e. The largest absolute Gasteiger partial charge is 0.354 e. The molecule has 0 spiro atoms. The molecule has 6 nitrogen and oxygen atoms in total. The summed E-state index contributed by atoms with van der Waals surface area (Å²) in [4.78, 5) is 35.0. The van der Waals surface area contributed by atoms with E-state index in [2.05, 4.69) is 16.0 Å². The third-order valence-electron chi connectivity index (χ3n) is 3.66. The van der Waals surface area contributed by atoms with Crippen LogP contribution in [-0.4, -0.2) is 36.9 Å². The molecule has 1 aromatic rings. The first-order valence-corrected chi connectivity index (χ1v) is 7.77. The molecule has 0 bridgehead atoms. The minimum absolute atomic E-state index is 0.135. The molecule has 1 fully saturated rings. The number of piperidine rings is 1. The van der Waals surface area contributed by atoms with Gasteiger partial charge in [0.1, 0.15) is 17.7 Å². The second kappa shape index (κ2) is 8.37. The lowest BCUT2D eigenvalue weighted by Crippen LogP contribution is -2.50. The molecule has 0 aromatic heterocycles. The van der Waals surface area contributed by atoms with Crippen molar-refractivity contribution in [1.82, 2.24) is 16.0 Å². The molecule has 24 heavy (non-hydrogen) atoms. The molecule has 0 saturated carbocycles. The number of amides is 3. The van der Waals surface area contributed by atoms with Crippen molar-refractivity contribution >= 4 is 17.7 Å². The van der Waals surface area contributed by atoms with Crippen molar-refractivity contribution in [2.24, 2.45) is 0 Å². The predicted octanol–water partition coefficient (Wildman–Crippen LogP) is 0.870. The van der Waals surface area contributed by atoms with Gasteiger partial charge in [-0.1, -0.05) is 0 Å². The van der Waals surface area contributed by atoms with Crippen molar-refractivity contribution < 1.29 is 23.2 Å². The highest BCUT2D eigenvalue weighted by molar-refractivity contribution is 5.94. The molecule has 3 amide bonds. The zero-order chi connectivity index (χ0) is 17.5. The zero-order valence-electron chi connectivity index (χ0n) is 13.0. The molecule has 0 aliphatic carbocycles. The summed E-state index contributed by atoms with van der Waals surface area (Å²) in [7, 11) is 0. The first-order valence-electron chi connectivity index (χ1n) is 7.77. The molecule has 3 N–H and O–H groups in total. The Bertz CT molecular complexity index is 637. The van der Waals surface area contributed by atoms with E-state index in [1.807, 2.05) is 0 Å². The maximum absolute atomic E-state index is 13.4. The molecule has 1 unspecified atom stereocenters. The van der Waals surface area contributed by atoms with Gasteiger partial charge >= 0.3 is 0 Å². The van der Waals surface area contributed by atoms with Crippen LogP contribution in [0.4, 0.5) is 8.78 Å². The van der Waals surface area contributed by atoms with E-state index in [0.29, 0.717) is 25.5 Å². The Morgan fingerprint density at radius 1 is 1.29 bits per heavy atom. The van der Waals surface area contributed by atoms with E-state index in [0.717, 1.165) is 18.6 Å². The summed E-state index contributed by atoms with van der Waals surface area (Å²) >= 11 is 0. The zero-order valence-corrected chi connectivity index (χ0v) is 13.0. The molecular formula is C16H19F2N3O3. The summed E-state index contributed by atoms with van der Waals surface area (Å²) in [6, 6.07) is 2.20. The minimum atomic E-state index is -0.937. The van der Waals surface area contributed by atoms with Crippen LogP contribution in [0.2, 0.25) is 0 Å². The van der Waals surface area contributed by atoms with Crippen LogP contribution in [0.5, 0.6) is 0 Å². The van der Waals surface area contributed by atoms with Crippen LogP contribution in [0, 0.1) is 11.6 Å². The molecule has 0 radical (unpaired) electrons. The van der Waals surface area contributed by atoms with Crippen molar-refractivity contribution in [3.8, 4) is 0 Å². The molecule has 1 aliphatic rings. The fourth-order valence-corrected chi connectivity index (χ4v) is 2.40. The van der Waals surface area contributed by atoms with Crippen LogP contribution in [0.15, 0.2) is 18.2 Å². The number of rotatable bonds is 6. The maximum atomic E-state index is 13.4. The lowest BCUT2D eigenvalue weighted by Gasteiger charge is -2.22. The smallest absolute Gasteiger partial charge is 0.254 e. The average molecular weight is 339 g/mol. The van der Waals surface area contributed by atoms with Crippen LogP contribution in [0.1, 0.15) is 36.0 Å². The lowest BCUT2D eigenvalue weighted by molar-refractivity contribution is -0.130. The second-order valence-electron chi connectivity index (χ2n) is 5.54. The fraction of sp³-hybridized carbons (Fsp3) is 0.438. The SMILES string of the molecule is O=C(CCCNC(=O)c1ccc(F)cc1F)NC1CCCNC1=O. The van der Waals surface area contributed by atoms with Gasteiger partial charge in [-0.15, -0.1) is 0 Å². The monoisotopic (exact) mass is 339 g/mol. The Morgan fingerprint density at radius 3 is 2.79 bits per heavy atom. The van der Waals surface area contributed by atoms with Gasteiger partial charge in [0, 0.05) is 25.6 Å². The molecule has 1 aliphatic heterocycles. The van der Waals surface area contributed by atoms with Gasteiger partial charge in [0.2, 0.25) is 11.8 Å². The molecule has 1 aromatic carbocycles. The number of hydrogen-bond donors (Lipinski definition) is 3. The Hall–Kier alpha value is -2.51. The van der Waals surface area contributed by atoms with E-state index < -0.39 is 23.6 Å². The highest BCUT2D eigenvalue weighted by Crippen LogP contribution is 2.09. The number of nitrogens with one attached hydrogen (secondary N) is 3. The summed E-state index contributed by atoms with van der Waals surface area (Å²) < 4.78 is 26.2. The predicted molar refractivity (Wildman–Crippen MR) is 82.1 cm³/mol. The molecule has 8 heteroatoms. The standard InChI is InChI=1S/C16H19F2N3O3/c17-10-5-6-11(12(18)9-10)15(23)19-8-2-4-14(22)21-13-3-1-7-20-16(13)24/h5-6,9,13H,1-4,7-8H2,(H,19,23)(H,20,24)(H,21,22). The highest BCUT2D eigenvalue weighted by atomic mass is 19.1. The van der Waals surface area contributed by atoms with Crippen molar-refractivity contribution in [1.29, 1.82) is 0 Å². The lowest BCUT2D eigenvalue weighted by atomic mass is 10.1. The van der Waals surface area contributed by atoms with E-state index in [-0.39, 0.29) is 30.3 Å². The van der Waals surface area contributed by atoms with Gasteiger partial charge in [0.25, 0.3) is 5.91 Å². The van der Waals surface area contributed by atoms with Crippen LogP contribution in [0.3, 0.4) is 0 Å². The number of carbonyl (C=O) groups is 3. The molecule has 1 saturated heterocycles. The Morgan fingerprint density at radius 2 is 2.08 bits per heavy atom. The van der Waals surface area contributed by atoms with Crippen LogP contribution in [0.25, 0.3) is 0 Å². The van der Waals surface area contributed by atoms with E-state index in [1.165, 1.54) is 0 Å². The average Bonchev–Trinajstić information content (AvgIpc) is 2.53. The Balaban J connectivity index is 1.69. The second-order valence-corrected chi connectivity index (χ2v) is 5.54. The van der Waals surface area contributed by atoms with Crippen molar-refractivity contribution in [2.75, 3.05) is 13.1 Å². The molecule has 2 rings (SSSR count).